The fourth-order valence-electron chi connectivity index (χ4n) is 0.798. The van der Waals surface area contributed by atoms with Gasteiger partial charge >= 0.3 is 10.3 Å². The summed E-state index contributed by atoms with van der Waals surface area (Å²) in [6.45, 7) is 1.13. The van der Waals surface area contributed by atoms with Gasteiger partial charge in [0.1, 0.15) is 12.8 Å². The van der Waals surface area contributed by atoms with Gasteiger partial charge in [0.2, 0.25) is 0 Å². The van der Waals surface area contributed by atoms with Gasteiger partial charge in [0.05, 0.1) is 0 Å². The van der Waals surface area contributed by atoms with E-state index in [0.717, 1.165) is 0 Å². The van der Waals surface area contributed by atoms with Crippen molar-refractivity contribution in [1.29, 1.82) is 0 Å². The monoisotopic (exact) mass is 195 g/mol. The summed E-state index contributed by atoms with van der Waals surface area (Å²) in [5, 5.41) is 0. The van der Waals surface area contributed by atoms with Crippen molar-refractivity contribution >= 4 is 10.3 Å². The standard InChI is InChI=1S/C6H10FNO3S/c1-5-2-3-6(7)4-11-12(9,10)8-5/h2-3,5-6,8H,4H2,1H3/b3-2-/t5-,6-/m0/s1. The van der Waals surface area contributed by atoms with Gasteiger partial charge in [-0.15, -0.1) is 0 Å². The number of nitrogens with one attached hydrogen (secondary N) is 1. The van der Waals surface area contributed by atoms with Gasteiger partial charge in [-0.2, -0.15) is 13.1 Å². The maximum atomic E-state index is 12.6. The molecule has 6 heteroatoms. The van der Waals surface area contributed by atoms with Crippen LogP contribution in [-0.4, -0.2) is 27.2 Å². The van der Waals surface area contributed by atoms with Crippen LogP contribution in [0.15, 0.2) is 12.2 Å². The van der Waals surface area contributed by atoms with Gasteiger partial charge in [-0.3, -0.25) is 4.18 Å². The number of rotatable bonds is 0. The van der Waals surface area contributed by atoms with E-state index in [-0.39, 0.29) is 0 Å². The van der Waals surface area contributed by atoms with E-state index in [1.54, 1.807) is 6.92 Å². The van der Waals surface area contributed by atoms with Gasteiger partial charge in [0, 0.05) is 6.04 Å². The summed E-state index contributed by atoms with van der Waals surface area (Å²) in [7, 11) is -3.77. The first-order chi connectivity index (χ1) is 5.49. The molecule has 1 aliphatic heterocycles. The van der Waals surface area contributed by atoms with Crippen LogP contribution < -0.4 is 4.72 Å². The predicted molar refractivity (Wildman–Crippen MR) is 41.5 cm³/mol. The van der Waals surface area contributed by atoms with Crippen LogP contribution in [0.25, 0.3) is 0 Å². The lowest BCUT2D eigenvalue weighted by molar-refractivity contribution is 0.226. The van der Waals surface area contributed by atoms with E-state index >= 15 is 0 Å². The second-order valence-corrected chi connectivity index (χ2v) is 3.93. The second kappa shape index (κ2) is 3.51. The largest absolute Gasteiger partial charge is 0.336 e. The summed E-state index contributed by atoms with van der Waals surface area (Å²) in [5.41, 5.74) is 0. The maximum absolute atomic E-state index is 12.6. The van der Waals surface area contributed by atoms with Crippen LogP contribution in [0.3, 0.4) is 0 Å². The van der Waals surface area contributed by atoms with Crippen molar-refractivity contribution in [3.63, 3.8) is 0 Å². The molecule has 0 aliphatic carbocycles. The predicted octanol–water partition coefficient (Wildman–Crippen LogP) is 0.134. The van der Waals surface area contributed by atoms with Crippen LogP contribution >= 0.6 is 0 Å². The van der Waals surface area contributed by atoms with Gasteiger partial charge in [0.25, 0.3) is 0 Å². The molecule has 1 aliphatic rings. The van der Waals surface area contributed by atoms with Crippen molar-refractivity contribution in [2.45, 2.75) is 19.1 Å². The van der Waals surface area contributed by atoms with Crippen molar-refractivity contribution in [3.05, 3.63) is 12.2 Å². The highest BCUT2D eigenvalue weighted by molar-refractivity contribution is 7.84. The van der Waals surface area contributed by atoms with E-state index < -0.39 is 29.1 Å². The van der Waals surface area contributed by atoms with Gasteiger partial charge in [-0.05, 0) is 6.92 Å². The number of hydrogen-bond donors (Lipinski definition) is 1. The topological polar surface area (TPSA) is 55.4 Å². The summed E-state index contributed by atoms with van der Waals surface area (Å²) in [6, 6.07) is -0.437. The molecule has 2 atom stereocenters. The Morgan fingerprint density at radius 1 is 1.58 bits per heavy atom. The molecule has 0 saturated carbocycles. The van der Waals surface area contributed by atoms with Gasteiger partial charge in [0.15, 0.2) is 0 Å². The maximum Gasteiger partial charge on any atom is 0.336 e. The zero-order valence-electron chi connectivity index (χ0n) is 6.53. The average Bonchev–Trinajstić information content (AvgIpc) is 1.95. The number of halogens is 1. The summed E-state index contributed by atoms with van der Waals surface area (Å²) in [6.07, 6.45) is 1.36. The Morgan fingerprint density at radius 3 is 2.92 bits per heavy atom. The third kappa shape index (κ3) is 2.88. The van der Waals surface area contributed by atoms with E-state index in [1.165, 1.54) is 12.2 Å². The van der Waals surface area contributed by atoms with Crippen LogP contribution in [0, 0.1) is 0 Å². The van der Waals surface area contributed by atoms with Crippen LogP contribution in [-0.2, 0) is 14.5 Å². The summed E-state index contributed by atoms with van der Waals surface area (Å²) >= 11 is 0. The number of hydrogen-bond acceptors (Lipinski definition) is 3. The van der Waals surface area contributed by atoms with E-state index in [1.807, 2.05) is 0 Å². The molecule has 4 nitrogen and oxygen atoms in total. The molecule has 0 unspecified atom stereocenters. The molecule has 0 aromatic heterocycles. The van der Waals surface area contributed by atoms with Crippen molar-refractivity contribution < 1.29 is 17.0 Å². The normalized spacial score (nSPS) is 38.2. The van der Waals surface area contributed by atoms with Gasteiger partial charge in [-0.25, -0.2) is 4.39 Å². The summed E-state index contributed by atoms with van der Waals surface area (Å²) in [4.78, 5) is 0. The molecular formula is C6H10FNO3S. The Hall–Kier alpha value is -0.460. The molecule has 0 aromatic carbocycles. The Bertz CT molecular complexity index is 275. The first-order valence-electron chi connectivity index (χ1n) is 3.49. The third-order valence-electron chi connectivity index (χ3n) is 1.32. The van der Waals surface area contributed by atoms with Crippen LogP contribution in [0.5, 0.6) is 0 Å². The fourth-order valence-corrected chi connectivity index (χ4v) is 1.71. The highest BCUT2D eigenvalue weighted by Crippen LogP contribution is 2.04. The molecule has 1 N–H and O–H groups in total. The first kappa shape index (κ1) is 9.63. The minimum atomic E-state index is -3.77. The highest BCUT2D eigenvalue weighted by Gasteiger charge is 2.18. The summed E-state index contributed by atoms with van der Waals surface area (Å²) < 4.78 is 40.8. The number of alkyl halides is 1. The molecule has 0 bridgehead atoms. The minimum absolute atomic E-state index is 0.437. The highest BCUT2D eigenvalue weighted by atomic mass is 32.2. The molecule has 0 fully saturated rings. The zero-order chi connectivity index (χ0) is 9.19. The molecule has 1 heterocycles. The van der Waals surface area contributed by atoms with Crippen molar-refractivity contribution in [1.82, 2.24) is 4.72 Å². The molecule has 70 valence electrons. The van der Waals surface area contributed by atoms with Crippen molar-refractivity contribution in [3.8, 4) is 0 Å². The van der Waals surface area contributed by atoms with E-state index in [2.05, 4.69) is 8.91 Å². The Kier molecular flexibility index (Phi) is 2.81. The lowest BCUT2D eigenvalue weighted by Crippen LogP contribution is -2.35. The Morgan fingerprint density at radius 2 is 2.25 bits per heavy atom. The smallest absolute Gasteiger partial charge is 0.255 e. The van der Waals surface area contributed by atoms with Crippen molar-refractivity contribution in [2.75, 3.05) is 6.61 Å². The van der Waals surface area contributed by atoms with E-state index in [0.29, 0.717) is 0 Å². The zero-order valence-corrected chi connectivity index (χ0v) is 7.34. The van der Waals surface area contributed by atoms with Gasteiger partial charge in [-0.1, -0.05) is 12.2 Å². The van der Waals surface area contributed by atoms with Crippen LogP contribution in [0.4, 0.5) is 4.39 Å². The van der Waals surface area contributed by atoms with Crippen molar-refractivity contribution in [2.24, 2.45) is 0 Å². The third-order valence-corrected chi connectivity index (χ3v) is 2.43. The van der Waals surface area contributed by atoms with Crippen LogP contribution in [0.1, 0.15) is 6.92 Å². The molecule has 0 radical (unpaired) electrons. The average molecular weight is 195 g/mol. The van der Waals surface area contributed by atoms with Crippen LogP contribution in [0.2, 0.25) is 0 Å². The lowest BCUT2D eigenvalue weighted by Gasteiger charge is -2.14. The molecule has 0 amide bonds. The molecule has 1 rings (SSSR count). The quantitative estimate of drug-likeness (QED) is 0.559. The lowest BCUT2D eigenvalue weighted by atomic mass is 10.3. The molecular weight excluding hydrogens is 185 g/mol. The Balaban J connectivity index is 2.77. The van der Waals surface area contributed by atoms with E-state index in [9.17, 15) is 12.8 Å². The van der Waals surface area contributed by atoms with Gasteiger partial charge < -0.3 is 0 Å². The molecule has 0 spiro atoms. The Labute approximate surface area is 70.7 Å². The molecule has 0 aromatic rings. The SMILES string of the molecule is C[C@H]1/C=C\[C@H](F)COS(=O)(=O)N1. The fraction of sp³-hybridized carbons (Fsp3) is 0.667. The molecule has 0 saturated heterocycles. The molecule has 12 heavy (non-hydrogen) atoms. The first-order valence-corrected chi connectivity index (χ1v) is 4.89. The second-order valence-electron chi connectivity index (χ2n) is 2.55. The summed E-state index contributed by atoms with van der Waals surface area (Å²) in [5.74, 6) is 0. The minimum Gasteiger partial charge on any atom is -0.255 e. The van der Waals surface area contributed by atoms with E-state index in [4.69, 9.17) is 0 Å².